The van der Waals surface area contributed by atoms with Crippen molar-refractivity contribution in [2.45, 2.75) is 31.4 Å². The summed E-state index contributed by atoms with van der Waals surface area (Å²) in [5, 5.41) is -0.941. The van der Waals surface area contributed by atoms with E-state index in [4.69, 9.17) is 0 Å². The van der Waals surface area contributed by atoms with E-state index in [0.29, 0.717) is 13.1 Å². The van der Waals surface area contributed by atoms with E-state index in [1.807, 2.05) is 0 Å². The van der Waals surface area contributed by atoms with E-state index in [9.17, 15) is 13.2 Å². The maximum Gasteiger partial charge on any atom is 0.240 e. The maximum atomic E-state index is 11.9. The van der Waals surface area contributed by atoms with Gasteiger partial charge in [-0.2, -0.15) is 0 Å². The summed E-state index contributed by atoms with van der Waals surface area (Å²) in [6, 6.07) is 0. The number of piperidine rings is 1. The van der Waals surface area contributed by atoms with Crippen LogP contribution in [0.25, 0.3) is 0 Å². The van der Waals surface area contributed by atoms with Crippen LogP contribution in [-0.2, 0) is 14.6 Å². The first-order valence-electron chi connectivity index (χ1n) is 5.60. The molecule has 0 spiro atoms. The minimum atomic E-state index is -3.37. The summed E-state index contributed by atoms with van der Waals surface area (Å²) in [5.74, 6) is -0.394. The number of carbonyl (C=O) groups excluding carboxylic acids is 1. The number of rotatable bonds is 4. The van der Waals surface area contributed by atoms with Gasteiger partial charge in [0.1, 0.15) is 5.25 Å². The van der Waals surface area contributed by atoms with Crippen molar-refractivity contribution >= 4 is 15.7 Å². The van der Waals surface area contributed by atoms with Gasteiger partial charge in [-0.05, 0) is 26.2 Å². The first-order chi connectivity index (χ1) is 7.49. The van der Waals surface area contributed by atoms with Crippen molar-refractivity contribution in [1.82, 2.24) is 4.90 Å². The van der Waals surface area contributed by atoms with Crippen LogP contribution in [0.4, 0.5) is 0 Å². The standard InChI is InChI=1S/C11H19NO3S/c1-3-9-16(14,15)10(2)11(13)12-7-5-4-6-8-12/h3,10H,1,4-9H2,2H3. The van der Waals surface area contributed by atoms with Crippen molar-refractivity contribution in [2.75, 3.05) is 18.8 Å². The molecule has 1 atom stereocenters. The number of likely N-dealkylation sites (tertiary alicyclic amines) is 1. The molecule has 1 aliphatic heterocycles. The topological polar surface area (TPSA) is 54.5 Å². The second-order valence-electron chi connectivity index (χ2n) is 4.15. The molecule has 1 unspecified atom stereocenters. The Hall–Kier alpha value is -0.840. The summed E-state index contributed by atoms with van der Waals surface area (Å²) in [5.41, 5.74) is 0. The van der Waals surface area contributed by atoms with Crippen LogP contribution in [-0.4, -0.2) is 43.3 Å². The first kappa shape index (κ1) is 13.2. The van der Waals surface area contributed by atoms with Crippen molar-refractivity contribution in [3.63, 3.8) is 0 Å². The van der Waals surface area contributed by atoms with Gasteiger partial charge in [0.15, 0.2) is 9.84 Å². The Morgan fingerprint density at radius 1 is 1.38 bits per heavy atom. The molecule has 0 aromatic heterocycles. The van der Waals surface area contributed by atoms with Crippen molar-refractivity contribution < 1.29 is 13.2 Å². The fourth-order valence-corrected chi connectivity index (χ4v) is 2.91. The van der Waals surface area contributed by atoms with Gasteiger partial charge in [-0.15, -0.1) is 6.58 Å². The van der Waals surface area contributed by atoms with E-state index in [-0.39, 0.29) is 11.7 Å². The minimum Gasteiger partial charge on any atom is -0.342 e. The van der Waals surface area contributed by atoms with Gasteiger partial charge in [0.2, 0.25) is 5.91 Å². The first-order valence-corrected chi connectivity index (χ1v) is 7.32. The van der Waals surface area contributed by atoms with Gasteiger partial charge in [-0.1, -0.05) is 6.08 Å². The summed E-state index contributed by atoms with van der Waals surface area (Å²) >= 11 is 0. The monoisotopic (exact) mass is 245 g/mol. The Bertz CT molecular complexity index is 355. The Labute approximate surface area is 97.2 Å². The van der Waals surface area contributed by atoms with E-state index >= 15 is 0 Å². The molecule has 0 bridgehead atoms. The number of amides is 1. The summed E-state index contributed by atoms with van der Waals surface area (Å²) in [6.07, 6.45) is 4.40. The van der Waals surface area contributed by atoms with Crippen LogP contribution < -0.4 is 0 Å². The van der Waals surface area contributed by atoms with E-state index in [0.717, 1.165) is 19.3 Å². The van der Waals surface area contributed by atoms with Crippen LogP contribution in [0.2, 0.25) is 0 Å². The molecule has 1 aliphatic rings. The average molecular weight is 245 g/mol. The van der Waals surface area contributed by atoms with E-state index < -0.39 is 15.1 Å². The second-order valence-corrected chi connectivity index (χ2v) is 6.51. The van der Waals surface area contributed by atoms with Crippen molar-refractivity contribution in [1.29, 1.82) is 0 Å². The molecule has 16 heavy (non-hydrogen) atoms. The molecule has 0 saturated carbocycles. The normalized spacial score (nSPS) is 19.2. The van der Waals surface area contributed by atoms with Gasteiger partial charge in [0.05, 0.1) is 5.75 Å². The maximum absolute atomic E-state index is 11.9. The molecule has 1 saturated heterocycles. The van der Waals surface area contributed by atoms with Crippen LogP contribution in [0.3, 0.4) is 0 Å². The third kappa shape index (κ3) is 3.07. The van der Waals surface area contributed by atoms with Gasteiger partial charge in [-0.25, -0.2) is 8.42 Å². The SMILES string of the molecule is C=CCS(=O)(=O)C(C)C(=O)N1CCCCC1. The van der Waals surface area contributed by atoms with Crippen LogP contribution in [0, 0.1) is 0 Å². The third-order valence-corrected chi connectivity index (χ3v) is 4.88. The van der Waals surface area contributed by atoms with Crippen molar-refractivity contribution in [3.8, 4) is 0 Å². The lowest BCUT2D eigenvalue weighted by atomic mass is 10.1. The van der Waals surface area contributed by atoms with E-state index in [2.05, 4.69) is 6.58 Å². The molecule has 4 nitrogen and oxygen atoms in total. The Morgan fingerprint density at radius 3 is 2.44 bits per heavy atom. The summed E-state index contributed by atoms with van der Waals surface area (Å²) in [7, 11) is -3.37. The Morgan fingerprint density at radius 2 is 1.94 bits per heavy atom. The van der Waals surface area contributed by atoms with Crippen LogP contribution in [0.5, 0.6) is 0 Å². The van der Waals surface area contributed by atoms with E-state index in [1.165, 1.54) is 13.0 Å². The third-order valence-electron chi connectivity index (χ3n) is 2.90. The number of nitrogens with zero attached hydrogens (tertiary/aromatic N) is 1. The molecule has 0 N–H and O–H groups in total. The highest BCUT2D eigenvalue weighted by atomic mass is 32.2. The smallest absolute Gasteiger partial charge is 0.240 e. The molecule has 1 rings (SSSR count). The molecular weight excluding hydrogens is 226 g/mol. The van der Waals surface area contributed by atoms with Crippen LogP contribution in [0.1, 0.15) is 26.2 Å². The lowest BCUT2D eigenvalue weighted by molar-refractivity contribution is -0.131. The van der Waals surface area contributed by atoms with Crippen molar-refractivity contribution in [3.05, 3.63) is 12.7 Å². The number of hydrogen-bond donors (Lipinski definition) is 0. The minimum absolute atomic E-state index is 0.131. The highest BCUT2D eigenvalue weighted by Crippen LogP contribution is 2.13. The molecular formula is C11H19NO3S. The average Bonchev–Trinajstić information content (AvgIpc) is 2.28. The van der Waals surface area contributed by atoms with Crippen LogP contribution >= 0.6 is 0 Å². The largest absolute Gasteiger partial charge is 0.342 e. The fourth-order valence-electron chi connectivity index (χ4n) is 1.83. The molecule has 1 heterocycles. The zero-order valence-electron chi connectivity index (χ0n) is 9.68. The fraction of sp³-hybridized carbons (Fsp3) is 0.727. The summed E-state index contributed by atoms with van der Waals surface area (Å²) in [6.45, 7) is 6.24. The van der Waals surface area contributed by atoms with Crippen molar-refractivity contribution in [2.24, 2.45) is 0 Å². The van der Waals surface area contributed by atoms with Gasteiger partial charge < -0.3 is 4.90 Å². The molecule has 1 fully saturated rings. The van der Waals surface area contributed by atoms with Gasteiger partial charge >= 0.3 is 0 Å². The molecule has 0 radical (unpaired) electrons. The van der Waals surface area contributed by atoms with Gasteiger partial charge in [0, 0.05) is 13.1 Å². The molecule has 0 aliphatic carbocycles. The lowest BCUT2D eigenvalue weighted by Crippen LogP contribution is -2.44. The highest BCUT2D eigenvalue weighted by molar-refractivity contribution is 7.92. The number of hydrogen-bond acceptors (Lipinski definition) is 3. The van der Waals surface area contributed by atoms with Gasteiger partial charge in [-0.3, -0.25) is 4.79 Å². The van der Waals surface area contributed by atoms with Gasteiger partial charge in [0.25, 0.3) is 0 Å². The molecule has 1 amide bonds. The zero-order chi connectivity index (χ0) is 12.2. The molecule has 5 heteroatoms. The number of carbonyl (C=O) groups is 1. The quantitative estimate of drug-likeness (QED) is 0.694. The molecule has 0 aromatic carbocycles. The predicted octanol–water partition coefficient (Wildman–Crippen LogP) is 0.988. The Kier molecular flexibility index (Phi) is 4.53. The predicted molar refractivity (Wildman–Crippen MR) is 63.9 cm³/mol. The second kappa shape index (κ2) is 5.48. The number of sulfone groups is 1. The lowest BCUT2D eigenvalue weighted by Gasteiger charge is -2.28. The van der Waals surface area contributed by atoms with E-state index in [1.54, 1.807) is 4.90 Å². The molecule has 0 aromatic rings. The Balaban J connectivity index is 2.69. The summed E-state index contributed by atoms with van der Waals surface area (Å²) in [4.78, 5) is 13.6. The molecule has 92 valence electrons. The highest BCUT2D eigenvalue weighted by Gasteiger charge is 2.30. The van der Waals surface area contributed by atoms with Crippen LogP contribution in [0.15, 0.2) is 12.7 Å². The summed E-state index contributed by atoms with van der Waals surface area (Å²) < 4.78 is 23.4. The zero-order valence-corrected chi connectivity index (χ0v) is 10.5.